The Morgan fingerprint density at radius 3 is 2.78 bits per heavy atom. The minimum atomic E-state index is -0.228. The van der Waals surface area contributed by atoms with E-state index in [1.165, 1.54) is 0 Å². The van der Waals surface area contributed by atoms with Gasteiger partial charge in [-0.15, -0.1) is 0 Å². The summed E-state index contributed by atoms with van der Waals surface area (Å²) in [7, 11) is 1.93. The largest absolute Gasteiger partial charge is 0.328 e. The van der Waals surface area contributed by atoms with Gasteiger partial charge in [0.2, 0.25) is 5.91 Å². The summed E-state index contributed by atoms with van der Waals surface area (Å²) in [5, 5.41) is 0.688. The number of likely N-dealkylation sites (N-methyl/N-ethyl adjacent to an activating group) is 1. The molecule has 2 rings (SSSR count). The lowest BCUT2D eigenvalue weighted by Crippen LogP contribution is -2.58. The van der Waals surface area contributed by atoms with Crippen molar-refractivity contribution in [3.8, 4) is 0 Å². The molecule has 1 aliphatic heterocycles. The van der Waals surface area contributed by atoms with Crippen molar-refractivity contribution in [3.05, 3.63) is 28.8 Å². The quantitative estimate of drug-likeness (QED) is 0.878. The summed E-state index contributed by atoms with van der Waals surface area (Å²) >= 11 is 5.94. The third-order valence-electron chi connectivity index (χ3n) is 3.43. The van der Waals surface area contributed by atoms with Crippen LogP contribution in [0.4, 0.5) is 5.69 Å². The first-order chi connectivity index (χ1) is 8.54. The lowest BCUT2D eigenvalue weighted by atomic mass is 10.1. The van der Waals surface area contributed by atoms with Crippen LogP contribution < -0.4 is 10.6 Å². The van der Waals surface area contributed by atoms with Crippen LogP contribution >= 0.6 is 11.6 Å². The van der Waals surface area contributed by atoms with Gasteiger partial charge in [0.1, 0.15) is 6.04 Å². The van der Waals surface area contributed by atoms with Gasteiger partial charge >= 0.3 is 0 Å². The lowest BCUT2D eigenvalue weighted by Gasteiger charge is -2.38. The molecule has 0 saturated carbocycles. The number of carbonyl (C=O) groups is 1. The second-order valence-electron chi connectivity index (χ2n) is 4.65. The molecular formula is C13H18ClN3O. The van der Waals surface area contributed by atoms with Gasteiger partial charge in [0.15, 0.2) is 0 Å². The summed E-state index contributed by atoms with van der Waals surface area (Å²) in [5.74, 6) is 0.0664. The number of halogens is 1. The van der Waals surface area contributed by atoms with Crippen molar-refractivity contribution in [2.45, 2.75) is 13.0 Å². The van der Waals surface area contributed by atoms with E-state index in [-0.39, 0.29) is 11.9 Å². The molecule has 18 heavy (non-hydrogen) atoms. The van der Waals surface area contributed by atoms with Gasteiger partial charge in [0.25, 0.3) is 0 Å². The van der Waals surface area contributed by atoms with Gasteiger partial charge in [-0.05, 0) is 37.7 Å². The summed E-state index contributed by atoms with van der Waals surface area (Å²) in [6.45, 7) is 3.83. The first-order valence-electron chi connectivity index (χ1n) is 6.02. The van der Waals surface area contributed by atoms with E-state index in [0.29, 0.717) is 18.1 Å². The normalized spacial score (nSPS) is 21.4. The van der Waals surface area contributed by atoms with Crippen LogP contribution in [0.25, 0.3) is 0 Å². The van der Waals surface area contributed by atoms with Crippen molar-refractivity contribution in [1.82, 2.24) is 4.90 Å². The van der Waals surface area contributed by atoms with E-state index in [9.17, 15) is 4.79 Å². The maximum absolute atomic E-state index is 12.4. The van der Waals surface area contributed by atoms with Crippen molar-refractivity contribution in [2.24, 2.45) is 5.73 Å². The van der Waals surface area contributed by atoms with E-state index in [0.717, 1.165) is 17.8 Å². The van der Waals surface area contributed by atoms with Crippen molar-refractivity contribution in [2.75, 3.05) is 31.6 Å². The average molecular weight is 268 g/mol. The molecule has 2 N–H and O–H groups in total. The minimum Gasteiger partial charge on any atom is -0.328 e. The molecule has 98 valence electrons. The van der Waals surface area contributed by atoms with Crippen LogP contribution in [0.15, 0.2) is 18.2 Å². The Labute approximate surface area is 112 Å². The van der Waals surface area contributed by atoms with Gasteiger partial charge in [-0.25, -0.2) is 0 Å². The number of nitrogens with zero attached hydrogens (tertiary/aromatic N) is 2. The first-order valence-corrected chi connectivity index (χ1v) is 6.40. The van der Waals surface area contributed by atoms with Crippen LogP contribution in [-0.2, 0) is 4.79 Å². The molecule has 0 aromatic heterocycles. The van der Waals surface area contributed by atoms with Crippen LogP contribution in [0, 0.1) is 6.92 Å². The zero-order valence-corrected chi connectivity index (χ0v) is 11.4. The summed E-state index contributed by atoms with van der Waals surface area (Å²) in [6, 6.07) is 5.36. The SMILES string of the molecule is Cc1cc(Cl)ccc1N1CCN(C)C(CN)C1=O. The Balaban J connectivity index is 2.30. The van der Waals surface area contributed by atoms with E-state index < -0.39 is 0 Å². The standard InChI is InChI=1S/C13H18ClN3O/c1-9-7-10(14)3-4-11(9)17-6-5-16(2)12(8-15)13(17)18/h3-4,7,12H,5-6,8,15H2,1-2H3. The summed E-state index contributed by atoms with van der Waals surface area (Å²) in [6.07, 6.45) is 0. The van der Waals surface area contributed by atoms with E-state index in [2.05, 4.69) is 0 Å². The molecule has 1 fully saturated rings. The van der Waals surface area contributed by atoms with Crippen LogP contribution in [0.2, 0.25) is 5.02 Å². The average Bonchev–Trinajstić information content (AvgIpc) is 2.31. The number of amides is 1. The predicted molar refractivity (Wildman–Crippen MR) is 74.0 cm³/mol. The van der Waals surface area contributed by atoms with Gasteiger partial charge in [-0.2, -0.15) is 0 Å². The predicted octanol–water partition coefficient (Wildman–Crippen LogP) is 1.25. The maximum atomic E-state index is 12.4. The number of hydrogen-bond donors (Lipinski definition) is 1. The highest BCUT2D eigenvalue weighted by molar-refractivity contribution is 6.30. The fourth-order valence-electron chi connectivity index (χ4n) is 2.33. The molecule has 1 heterocycles. The van der Waals surface area contributed by atoms with Crippen LogP contribution in [-0.4, -0.2) is 43.5 Å². The number of carbonyl (C=O) groups excluding carboxylic acids is 1. The Hall–Kier alpha value is -1.10. The third kappa shape index (κ3) is 2.36. The number of benzene rings is 1. The number of hydrogen-bond acceptors (Lipinski definition) is 3. The minimum absolute atomic E-state index is 0.0664. The van der Waals surface area contributed by atoms with E-state index in [4.69, 9.17) is 17.3 Å². The monoisotopic (exact) mass is 267 g/mol. The van der Waals surface area contributed by atoms with Crippen LogP contribution in [0.3, 0.4) is 0 Å². The molecule has 1 atom stereocenters. The molecule has 1 aromatic rings. The zero-order chi connectivity index (χ0) is 13.3. The number of piperazine rings is 1. The molecule has 0 aliphatic carbocycles. The molecular weight excluding hydrogens is 250 g/mol. The van der Waals surface area contributed by atoms with Gasteiger partial charge < -0.3 is 10.6 Å². The first kappa shape index (κ1) is 13.3. The fraction of sp³-hybridized carbons (Fsp3) is 0.462. The fourth-order valence-corrected chi connectivity index (χ4v) is 2.56. The summed E-state index contributed by atoms with van der Waals surface area (Å²) in [4.78, 5) is 16.2. The molecule has 4 nitrogen and oxygen atoms in total. The lowest BCUT2D eigenvalue weighted by molar-refractivity contribution is -0.124. The molecule has 1 unspecified atom stereocenters. The van der Waals surface area contributed by atoms with Crippen LogP contribution in [0.5, 0.6) is 0 Å². The third-order valence-corrected chi connectivity index (χ3v) is 3.67. The number of aryl methyl sites for hydroxylation is 1. The molecule has 0 spiro atoms. The molecule has 5 heteroatoms. The maximum Gasteiger partial charge on any atom is 0.245 e. The van der Waals surface area contributed by atoms with E-state index >= 15 is 0 Å². The molecule has 1 aliphatic rings. The highest BCUT2D eigenvalue weighted by Crippen LogP contribution is 2.26. The molecule has 1 aromatic carbocycles. The number of nitrogens with two attached hydrogens (primary N) is 1. The van der Waals surface area contributed by atoms with Crippen molar-refractivity contribution in [1.29, 1.82) is 0 Å². The smallest absolute Gasteiger partial charge is 0.245 e. The van der Waals surface area contributed by atoms with Crippen molar-refractivity contribution >= 4 is 23.2 Å². The summed E-state index contributed by atoms with van der Waals surface area (Å²) < 4.78 is 0. The number of anilines is 1. The van der Waals surface area contributed by atoms with Crippen molar-refractivity contribution in [3.63, 3.8) is 0 Å². The van der Waals surface area contributed by atoms with E-state index in [1.807, 2.05) is 42.0 Å². The Morgan fingerprint density at radius 1 is 1.44 bits per heavy atom. The van der Waals surface area contributed by atoms with E-state index in [1.54, 1.807) is 0 Å². The van der Waals surface area contributed by atoms with Gasteiger partial charge in [-0.3, -0.25) is 9.69 Å². The molecule has 0 bridgehead atoms. The molecule has 0 radical (unpaired) electrons. The highest BCUT2D eigenvalue weighted by atomic mass is 35.5. The Kier molecular flexibility index (Phi) is 3.90. The summed E-state index contributed by atoms with van der Waals surface area (Å²) in [5.41, 5.74) is 7.61. The second-order valence-corrected chi connectivity index (χ2v) is 5.09. The highest BCUT2D eigenvalue weighted by Gasteiger charge is 2.32. The van der Waals surface area contributed by atoms with Crippen LogP contribution in [0.1, 0.15) is 5.56 Å². The van der Waals surface area contributed by atoms with Gasteiger partial charge in [-0.1, -0.05) is 11.6 Å². The topological polar surface area (TPSA) is 49.6 Å². The molecule has 1 saturated heterocycles. The van der Waals surface area contributed by atoms with Gasteiger partial charge in [0.05, 0.1) is 0 Å². The molecule has 1 amide bonds. The number of rotatable bonds is 2. The van der Waals surface area contributed by atoms with Crippen molar-refractivity contribution < 1.29 is 4.79 Å². The Bertz CT molecular complexity index is 464. The van der Waals surface area contributed by atoms with Gasteiger partial charge in [0, 0.05) is 30.3 Å². The zero-order valence-electron chi connectivity index (χ0n) is 10.7. The Morgan fingerprint density at radius 2 is 2.17 bits per heavy atom. The second kappa shape index (κ2) is 5.26.